The molecule has 3 heterocycles. The van der Waals surface area contributed by atoms with E-state index in [9.17, 15) is 9.90 Å². The average Bonchev–Trinajstić information content (AvgIpc) is 3.25. The maximum absolute atomic E-state index is 13.0. The van der Waals surface area contributed by atoms with Gasteiger partial charge in [-0.15, -0.1) is 0 Å². The number of fused-ring (bicyclic) bond motifs is 2. The third-order valence-electron chi connectivity index (χ3n) is 6.51. The van der Waals surface area contributed by atoms with Crippen molar-refractivity contribution in [3.05, 3.63) is 39.9 Å². The van der Waals surface area contributed by atoms with Crippen LogP contribution in [0.15, 0.2) is 23.1 Å². The van der Waals surface area contributed by atoms with Gasteiger partial charge in [-0.05, 0) is 62.8 Å². The van der Waals surface area contributed by atoms with E-state index in [1.165, 1.54) is 5.56 Å². The summed E-state index contributed by atoms with van der Waals surface area (Å²) >= 11 is 0. The fourth-order valence-corrected chi connectivity index (χ4v) is 4.59. The molecule has 30 heavy (non-hydrogen) atoms. The van der Waals surface area contributed by atoms with Gasteiger partial charge in [0.2, 0.25) is 5.95 Å². The molecule has 5 rings (SSSR count). The molecule has 2 aromatic heterocycles. The number of aromatic nitrogens is 4. The number of ether oxygens (including phenoxy) is 1. The van der Waals surface area contributed by atoms with Gasteiger partial charge in [-0.1, -0.05) is 0 Å². The van der Waals surface area contributed by atoms with Crippen LogP contribution in [0.2, 0.25) is 0 Å². The lowest BCUT2D eigenvalue weighted by Crippen LogP contribution is -2.35. The summed E-state index contributed by atoms with van der Waals surface area (Å²) in [6.07, 6.45) is 5.45. The molecule has 1 saturated carbocycles. The topological polar surface area (TPSA) is 94.2 Å². The molecule has 0 amide bonds. The average molecular weight is 409 g/mol. The fourth-order valence-electron chi connectivity index (χ4n) is 4.59. The fraction of sp³-hybridized carbons (Fsp3) is 0.500. The van der Waals surface area contributed by atoms with Gasteiger partial charge in [0, 0.05) is 25.2 Å². The zero-order chi connectivity index (χ0) is 21.0. The number of aliphatic hydroxyl groups is 1. The van der Waals surface area contributed by atoms with Crippen molar-refractivity contribution in [2.75, 3.05) is 11.9 Å². The maximum atomic E-state index is 13.0. The molecule has 1 aliphatic carbocycles. The van der Waals surface area contributed by atoms with Gasteiger partial charge in [0.05, 0.1) is 18.4 Å². The molecule has 8 heteroatoms. The van der Waals surface area contributed by atoms with Crippen LogP contribution in [0.4, 0.5) is 11.6 Å². The van der Waals surface area contributed by atoms with E-state index in [1.807, 2.05) is 19.9 Å². The van der Waals surface area contributed by atoms with E-state index in [1.54, 1.807) is 22.4 Å². The number of aryl methyl sites for hydroxylation is 2. The standard InChI is InChI=1S/C22H27N5O3/c1-13-10-18-14(6-9-30-18)11-16(13)24-20-23-12-17-19(25-20)27(21(28)26(17)3)15-4-7-22(2,29)8-5-15/h10-12,15,29H,4-9H2,1-3H3,(H,23,24,25)/t15-,22-. The Bertz CT molecular complexity index is 1180. The summed E-state index contributed by atoms with van der Waals surface area (Å²) in [5, 5.41) is 13.6. The van der Waals surface area contributed by atoms with Crippen LogP contribution < -0.4 is 15.7 Å². The Morgan fingerprint density at radius 2 is 2.07 bits per heavy atom. The third kappa shape index (κ3) is 3.15. The first-order valence-corrected chi connectivity index (χ1v) is 10.5. The molecule has 0 saturated heterocycles. The summed E-state index contributed by atoms with van der Waals surface area (Å²) in [7, 11) is 1.75. The molecule has 0 spiro atoms. The number of nitrogens with zero attached hydrogens (tertiary/aromatic N) is 4. The van der Waals surface area contributed by atoms with Crippen molar-refractivity contribution in [3.8, 4) is 5.75 Å². The largest absolute Gasteiger partial charge is 0.493 e. The minimum absolute atomic E-state index is 0.0306. The van der Waals surface area contributed by atoms with Crippen LogP contribution in [-0.4, -0.2) is 36.4 Å². The van der Waals surface area contributed by atoms with Gasteiger partial charge >= 0.3 is 5.69 Å². The number of hydrogen-bond acceptors (Lipinski definition) is 6. The molecule has 0 atom stereocenters. The van der Waals surface area contributed by atoms with Crippen LogP contribution in [0.3, 0.4) is 0 Å². The highest BCUT2D eigenvalue weighted by Gasteiger charge is 2.32. The normalized spacial score (nSPS) is 23.4. The van der Waals surface area contributed by atoms with Gasteiger partial charge in [0.1, 0.15) is 11.3 Å². The van der Waals surface area contributed by atoms with E-state index < -0.39 is 5.60 Å². The van der Waals surface area contributed by atoms with Crippen molar-refractivity contribution in [1.82, 2.24) is 19.1 Å². The van der Waals surface area contributed by atoms with Gasteiger partial charge in [-0.3, -0.25) is 9.13 Å². The number of nitrogens with one attached hydrogen (secondary N) is 1. The van der Waals surface area contributed by atoms with E-state index in [-0.39, 0.29) is 11.7 Å². The lowest BCUT2D eigenvalue weighted by molar-refractivity contribution is 0.00991. The summed E-state index contributed by atoms with van der Waals surface area (Å²) in [4.78, 5) is 22.1. The molecular formula is C22H27N5O3. The van der Waals surface area contributed by atoms with Crippen molar-refractivity contribution in [2.45, 2.75) is 57.6 Å². The van der Waals surface area contributed by atoms with Gasteiger partial charge in [-0.2, -0.15) is 4.98 Å². The number of anilines is 2. The summed E-state index contributed by atoms with van der Waals surface area (Å²) in [5.41, 5.74) is 3.78. The Morgan fingerprint density at radius 1 is 1.30 bits per heavy atom. The minimum Gasteiger partial charge on any atom is -0.493 e. The minimum atomic E-state index is -0.652. The quantitative estimate of drug-likeness (QED) is 0.691. The van der Waals surface area contributed by atoms with Crippen molar-refractivity contribution in [3.63, 3.8) is 0 Å². The van der Waals surface area contributed by atoms with E-state index in [0.29, 0.717) is 36.6 Å². The zero-order valence-electron chi connectivity index (χ0n) is 17.6. The third-order valence-corrected chi connectivity index (χ3v) is 6.51. The molecule has 0 radical (unpaired) electrons. The second-order valence-corrected chi connectivity index (χ2v) is 8.84. The molecule has 3 aromatic rings. The molecule has 158 valence electrons. The molecule has 0 bridgehead atoms. The lowest BCUT2D eigenvalue weighted by Gasteiger charge is -2.33. The Hall–Kier alpha value is -2.87. The smallest absolute Gasteiger partial charge is 0.330 e. The van der Waals surface area contributed by atoms with Crippen LogP contribution in [-0.2, 0) is 13.5 Å². The Balaban J connectivity index is 1.52. The zero-order valence-corrected chi connectivity index (χ0v) is 17.6. The van der Waals surface area contributed by atoms with Crippen LogP contribution in [0.1, 0.15) is 49.8 Å². The number of rotatable bonds is 3. The highest BCUT2D eigenvalue weighted by Crippen LogP contribution is 2.36. The van der Waals surface area contributed by atoms with Crippen LogP contribution in [0.25, 0.3) is 11.2 Å². The molecule has 2 N–H and O–H groups in total. The number of hydrogen-bond donors (Lipinski definition) is 2. The van der Waals surface area contributed by atoms with Crippen molar-refractivity contribution in [1.29, 1.82) is 0 Å². The molecule has 1 aromatic carbocycles. The first-order chi connectivity index (χ1) is 14.3. The van der Waals surface area contributed by atoms with E-state index in [4.69, 9.17) is 9.72 Å². The first kappa shape index (κ1) is 19.1. The van der Waals surface area contributed by atoms with Crippen molar-refractivity contribution >= 4 is 22.8 Å². The highest BCUT2D eigenvalue weighted by molar-refractivity contribution is 5.73. The van der Waals surface area contributed by atoms with E-state index >= 15 is 0 Å². The predicted molar refractivity (Wildman–Crippen MR) is 115 cm³/mol. The predicted octanol–water partition coefficient (Wildman–Crippen LogP) is 2.98. The number of benzene rings is 1. The van der Waals surface area contributed by atoms with Crippen LogP contribution in [0.5, 0.6) is 5.75 Å². The molecule has 1 fully saturated rings. The Morgan fingerprint density at radius 3 is 2.83 bits per heavy atom. The van der Waals surface area contributed by atoms with Crippen LogP contribution in [0, 0.1) is 6.92 Å². The molecule has 1 aliphatic heterocycles. The first-order valence-electron chi connectivity index (χ1n) is 10.5. The van der Waals surface area contributed by atoms with Gasteiger partial charge in [-0.25, -0.2) is 9.78 Å². The lowest BCUT2D eigenvalue weighted by atomic mass is 9.83. The molecule has 2 aliphatic rings. The summed E-state index contributed by atoms with van der Waals surface area (Å²) in [5.74, 6) is 1.41. The molecule has 0 unspecified atom stereocenters. The second kappa shape index (κ2) is 6.84. The summed E-state index contributed by atoms with van der Waals surface area (Å²) in [6, 6.07) is 4.16. The van der Waals surface area contributed by atoms with Gasteiger partial charge < -0.3 is 15.2 Å². The van der Waals surface area contributed by atoms with Crippen molar-refractivity contribution in [2.24, 2.45) is 7.05 Å². The second-order valence-electron chi connectivity index (χ2n) is 8.84. The van der Waals surface area contributed by atoms with Gasteiger partial charge in [0.15, 0.2) is 5.65 Å². The maximum Gasteiger partial charge on any atom is 0.330 e. The molecule has 8 nitrogen and oxygen atoms in total. The highest BCUT2D eigenvalue weighted by atomic mass is 16.5. The van der Waals surface area contributed by atoms with Crippen LogP contribution >= 0.6 is 0 Å². The van der Waals surface area contributed by atoms with Gasteiger partial charge in [0.25, 0.3) is 0 Å². The monoisotopic (exact) mass is 409 g/mol. The SMILES string of the molecule is Cc1cc2c(cc1Nc1ncc3c(n1)n([C@H]1CC[C@](C)(O)CC1)c(=O)n3C)CCO2. The van der Waals surface area contributed by atoms with E-state index in [2.05, 4.69) is 16.4 Å². The Kier molecular flexibility index (Phi) is 4.36. The summed E-state index contributed by atoms with van der Waals surface area (Å²) < 4.78 is 9.02. The van der Waals surface area contributed by atoms with Crippen molar-refractivity contribution < 1.29 is 9.84 Å². The molecular weight excluding hydrogens is 382 g/mol. The number of imidazole rings is 1. The van der Waals surface area contributed by atoms with E-state index in [0.717, 1.165) is 36.3 Å². The summed E-state index contributed by atoms with van der Waals surface area (Å²) in [6.45, 7) is 4.60. The Labute approximate surface area is 174 Å².